The summed E-state index contributed by atoms with van der Waals surface area (Å²) < 4.78 is 0. The molecule has 0 fully saturated rings. The Kier molecular flexibility index (Phi) is 8.68. The second-order valence-electron chi connectivity index (χ2n) is 7.12. The molecular weight excluding hydrogens is 254 g/mol. The van der Waals surface area contributed by atoms with Crippen molar-refractivity contribution in [1.29, 1.82) is 0 Å². The molecule has 1 atom stereocenters. The molecular formula is C20H35N. The summed E-state index contributed by atoms with van der Waals surface area (Å²) in [5.74, 6) is 0.579. The smallest absolute Gasteiger partial charge is 0.0129 e. The molecule has 0 aliphatic rings. The summed E-state index contributed by atoms with van der Waals surface area (Å²) in [6.45, 7) is 6.64. The van der Waals surface area contributed by atoms with Crippen molar-refractivity contribution >= 4 is 0 Å². The fourth-order valence-electron chi connectivity index (χ4n) is 2.98. The van der Waals surface area contributed by atoms with Crippen molar-refractivity contribution in [2.75, 3.05) is 0 Å². The number of unbranched alkanes of at least 4 members (excludes halogenated alkanes) is 6. The Bertz CT molecular complexity index is 350. The number of benzene rings is 1. The Morgan fingerprint density at radius 2 is 1.48 bits per heavy atom. The molecule has 0 saturated carbocycles. The van der Waals surface area contributed by atoms with Crippen molar-refractivity contribution in [3.8, 4) is 0 Å². The van der Waals surface area contributed by atoms with Crippen LogP contribution in [0.4, 0.5) is 0 Å². The Morgan fingerprint density at radius 3 is 2.05 bits per heavy atom. The number of hydrogen-bond acceptors (Lipinski definition) is 1. The average molecular weight is 290 g/mol. The third-order valence-electron chi connectivity index (χ3n) is 4.53. The fourth-order valence-corrected chi connectivity index (χ4v) is 2.98. The van der Waals surface area contributed by atoms with Gasteiger partial charge in [-0.15, -0.1) is 0 Å². The van der Waals surface area contributed by atoms with Crippen LogP contribution >= 0.6 is 0 Å². The van der Waals surface area contributed by atoms with Crippen LogP contribution in [0.25, 0.3) is 0 Å². The third kappa shape index (κ3) is 8.26. The molecule has 0 heterocycles. The van der Waals surface area contributed by atoms with Crippen LogP contribution in [0, 0.1) is 5.92 Å². The van der Waals surface area contributed by atoms with Crippen molar-refractivity contribution in [3.63, 3.8) is 0 Å². The lowest BCUT2D eigenvalue weighted by Gasteiger charge is -2.31. The van der Waals surface area contributed by atoms with Crippen molar-refractivity contribution in [2.45, 2.75) is 84.1 Å². The maximum absolute atomic E-state index is 6.41. The molecule has 0 amide bonds. The van der Waals surface area contributed by atoms with E-state index in [-0.39, 0.29) is 5.54 Å². The topological polar surface area (TPSA) is 26.0 Å². The first-order valence-electron chi connectivity index (χ1n) is 8.87. The van der Waals surface area contributed by atoms with E-state index in [1.54, 1.807) is 0 Å². The summed E-state index contributed by atoms with van der Waals surface area (Å²) in [6.07, 6.45) is 12.0. The van der Waals surface area contributed by atoms with Gasteiger partial charge in [0.15, 0.2) is 0 Å². The van der Waals surface area contributed by atoms with E-state index in [1.807, 2.05) is 0 Å². The highest BCUT2D eigenvalue weighted by Gasteiger charge is 2.24. The molecule has 21 heavy (non-hydrogen) atoms. The molecule has 0 radical (unpaired) electrons. The van der Waals surface area contributed by atoms with E-state index in [1.165, 1.54) is 56.9 Å². The Hall–Kier alpha value is -0.820. The van der Waals surface area contributed by atoms with Gasteiger partial charge >= 0.3 is 0 Å². The molecule has 1 aromatic rings. The van der Waals surface area contributed by atoms with Crippen LogP contribution in [0.15, 0.2) is 30.3 Å². The Morgan fingerprint density at radius 1 is 0.905 bits per heavy atom. The number of rotatable bonds is 11. The van der Waals surface area contributed by atoms with Crippen molar-refractivity contribution in [3.05, 3.63) is 35.9 Å². The lowest BCUT2D eigenvalue weighted by Crippen LogP contribution is -2.42. The first kappa shape index (κ1) is 18.2. The summed E-state index contributed by atoms with van der Waals surface area (Å²) in [5.41, 5.74) is 7.74. The van der Waals surface area contributed by atoms with E-state index >= 15 is 0 Å². The highest BCUT2D eigenvalue weighted by atomic mass is 14.7. The predicted molar refractivity (Wildman–Crippen MR) is 94.5 cm³/mol. The fraction of sp³-hybridized carbons (Fsp3) is 0.700. The van der Waals surface area contributed by atoms with Crippen LogP contribution < -0.4 is 5.73 Å². The van der Waals surface area contributed by atoms with Crippen LogP contribution in [0.2, 0.25) is 0 Å². The van der Waals surface area contributed by atoms with Crippen LogP contribution in [0.5, 0.6) is 0 Å². The SMILES string of the molecule is CCCCCCCCCC(Cc1ccccc1)C(C)(C)N. The van der Waals surface area contributed by atoms with Gasteiger partial charge in [-0.2, -0.15) is 0 Å². The highest BCUT2D eigenvalue weighted by molar-refractivity contribution is 5.16. The van der Waals surface area contributed by atoms with E-state index < -0.39 is 0 Å². The quantitative estimate of drug-likeness (QED) is 0.518. The van der Waals surface area contributed by atoms with E-state index in [9.17, 15) is 0 Å². The van der Waals surface area contributed by atoms with E-state index in [0.717, 1.165) is 6.42 Å². The molecule has 0 bridgehead atoms. The van der Waals surface area contributed by atoms with Crippen LogP contribution in [0.1, 0.15) is 77.7 Å². The monoisotopic (exact) mass is 289 g/mol. The Balaban J connectivity index is 2.31. The molecule has 0 aromatic heterocycles. The minimum absolute atomic E-state index is 0.0853. The first-order valence-corrected chi connectivity index (χ1v) is 8.87. The minimum atomic E-state index is -0.0853. The van der Waals surface area contributed by atoms with Gasteiger partial charge in [-0.25, -0.2) is 0 Å². The standard InChI is InChI=1S/C20H35N/c1-4-5-6-7-8-9-13-16-19(20(2,3)21)17-18-14-11-10-12-15-18/h10-12,14-15,19H,4-9,13,16-17,21H2,1-3H3. The van der Waals surface area contributed by atoms with Gasteiger partial charge in [0.25, 0.3) is 0 Å². The normalized spacial score (nSPS) is 13.3. The largest absolute Gasteiger partial charge is 0.325 e. The highest BCUT2D eigenvalue weighted by Crippen LogP contribution is 2.25. The minimum Gasteiger partial charge on any atom is -0.325 e. The van der Waals surface area contributed by atoms with E-state index in [4.69, 9.17) is 5.73 Å². The molecule has 120 valence electrons. The van der Waals surface area contributed by atoms with Gasteiger partial charge in [-0.3, -0.25) is 0 Å². The molecule has 0 aliphatic heterocycles. The number of hydrogen-bond donors (Lipinski definition) is 1. The van der Waals surface area contributed by atoms with Crippen LogP contribution in [0.3, 0.4) is 0 Å². The van der Waals surface area contributed by atoms with Crippen molar-refractivity contribution < 1.29 is 0 Å². The summed E-state index contributed by atoms with van der Waals surface area (Å²) in [7, 11) is 0. The second-order valence-corrected chi connectivity index (χ2v) is 7.12. The molecule has 0 saturated heterocycles. The van der Waals surface area contributed by atoms with Gasteiger partial charge in [0.1, 0.15) is 0 Å². The van der Waals surface area contributed by atoms with Gasteiger partial charge in [-0.05, 0) is 38.2 Å². The third-order valence-corrected chi connectivity index (χ3v) is 4.53. The maximum Gasteiger partial charge on any atom is 0.0129 e. The molecule has 1 rings (SSSR count). The van der Waals surface area contributed by atoms with Gasteiger partial charge in [0.2, 0.25) is 0 Å². The average Bonchev–Trinajstić information content (AvgIpc) is 2.45. The van der Waals surface area contributed by atoms with Gasteiger partial charge in [0.05, 0.1) is 0 Å². The zero-order valence-electron chi connectivity index (χ0n) is 14.4. The van der Waals surface area contributed by atoms with Crippen molar-refractivity contribution in [1.82, 2.24) is 0 Å². The zero-order valence-corrected chi connectivity index (χ0v) is 14.4. The zero-order chi connectivity index (χ0) is 15.6. The lowest BCUT2D eigenvalue weighted by molar-refractivity contribution is 0.290. The predicted octanol–water partition coefficient (Wildman–Crippen LogP) is 5.72. The molecule has 0 spiro atoms. The summed E-state index contributed by atoms with van der Waals surface area (Å²) in [5, 5.41) is 0. The van der Waals surface area contributed by atoms with Crippen LogP contribution in [-0.4, -0.2) is 5.54 Å². The van der Waals surface area contributed by atoms with Gasteiger partial charge in [0, 0.05) is 5.54 Å². The molecule has 1 aromatic carbocycles. The second kappa shape index (κ2) is 10.00. The Labute approximate surface area is 132 Å². The van der Waals surface area contributed by atoms with Gasteiger partial charge in [-0.1, -0.05) is 82.2 Å². The molecule has 1 heteroatoms. The molecule has 0 aliphatic carbocycles. The maximum atomic E-state index is 6.41. The molecule has 2 N–H and O–H groups in total. The first-order chi connectivity index (χ1) is 10.0. The van der Waals surface area contributed by atoms with Gasteiger partial charge < -0.3 is 5.73 Å². The van der Waals surface area contributed by atoms with E-state index in [0.29, 0.717) is 5.92 Å². The lowest BCUT2D eigenvalue weighted by atomic mass is 9.80. The van der Waals surface area contributed by atoms with E-state index in [2.05, 4.69) is 51.1 Å². The summed E-state index contributed by atoms with van der Waals surface area (Å²) >= 11 is 0. The summed E-state index contributed by atoms with van der Waals surface area (Å²) in [6, 6.07) is 10.8. The van der Waals surface area contributed by atoms with Crippen molar-refractivity contribution in [2.24, 2.45) is 11.7 Å². The van der Waals surface area contributed by atoms with Crippen LogP contribution in [-0.2, 0) is 6.42 Å². The molecule has 1 unspecified atom stereocenters. The molecule has 1 nitrogen and oxygen atoms in total. The summed E-state index contributed by atoms with van der Waals surface area (Å²) in [4.78, 5) is 0. The number of nitrogens with two attached hydrogens (primary N) is 1.